The molecule has 0 saturated carbocycles. The number of hydrogen-bond acceptors (Lipinski definition) is 3. The van der Waals surface area contributed by atoms with E-state index in [2.05, 4.69) is 0 Å². The summed E-state index contributed by atoms with van der Waals surface area (Å²) in [6, 6.07) is 1.62. The van der Waals surface area contributed by atoms with E-state index in [0.29, 0.717) is 6.07 Å². The zero-order valence-corrected chi connectivity index (χ0v) is 10.3. The molecule has 1 aromatic rings. The van der Waals surface area contributed by atoms with Gasteiger partial charge in [0.1, 0.15) is 5.82 Å². The molecule has 0 aliphatic rings. The standard InChI is InChI=1S/C11H10F4N2O3/c1-6-4-7(17(19)20)5-8(9(6)12)10(18)16-3-2-11(13,14)15/h4-5H,2-3H2,1H3,(H,16,18). The van der Waals surface area contributed by atoms with Gasteiger partial charge in [-0.15, -0.1) is 0 Å². The highest BCUT2D eigenvalue weighted by molar-refractivity contribution is 5.95. The maximum atomic E-state index is 13.7. The molecular weight excluding hydrogens is 284 g/mol. The maximum Gasteiger partial charge on any atom is 0.390 e. The zero-order chi connectivity index (χ0) is 15.5. The van der Waals surface area contributed by atoms with E-state index in [1.807, 2.05) is 5.32 Å². The molecule has 1 aromatic carbocycles. The summed E-state index contributed by atoms with van der Waals surface area (Å²) in [5, 5.41) is 12.5. The lowest BCUT2D eigenvalue weighted by Crippen LogP contribution is -2.28. The monoisotopic (exact) mass is 294 g/mol. The first kappa shape index (κ1) is 15.9. The molecule has 0 aromatic heterocycles. The van der Waals surface area contributed by atoms with Crippen molar-refractivity contribution in [3.8, 4) is 0 Å². The second-order valence-electron chi connectivity index (χ2n) is 4.00. The summed E-state index contributed by atoms with van der Waals surface area (Å²) in [4.78, 5) is 21.3. The molecule has 9 heteroatoms. The first-order valence-corrected chi connectivity index (χ1v) is 5.41. The van der Waals surface area contributed by atoms with Gasteiger partial charge in [-0.3, -0.25) is 14.9 Å². The van der Waals surface area contributed by atoms with E-state index in [0.717, 1.165) is 6.07 Å². The summed E-state index contributed by atoms with van der Waals surface area (Å²) >= 11 is 0. The average Bonchev–Trinajstić information content (AvgIpc) is 2.30. The van der Waals surface area contributed by atoms with E-state index in [4.69, 9.17) is 0 Å². The van der Waals surface area contributed by atoms with Crippen molar-refractivity contribution >= 4 is 11.6 Å². The van der Waals surface area contributed by atoms with Crippen LogP contribution in [0.3, 0.4) is 0 Å². The van der Waals surface area contributed by atoms with E-state index in [-0.39, 0.29) is 5.56 Å². The number of halogens is 4. The van der Waals surface area contributed by atoms with Crippen LogP contribution in [0.15, 0.2) is 12.1 Å². The third-order valence-corrected chi connectivity index (χ3v) is 2.39. The minimum absolute atomic E-state index is 0.139. The molecule has 0 heterocycles. The van der Waals surface area contributed by atoms with Gasteiger partial charge in [-0.2, -0.15) is 13.2 Å². The van der Waals surface area contributed by atoms with Crippen molar-refractivity contribution < 1.29 is 27.3 Å². The number of nitrogens with zero attached hydrogens (tertiary/aromatic N) is 1. The van der Waals surface area contributed by atoms with Crippen LogP contribution in [0.4, 0.5) is 23.2 Å². The fraction of sp³-hybridized carbons (Fsp3) is 0.364. The minimum Gasteiger partial charge on any atom is -0.352 e. The summed E-state index contributed by atoms with van der Waals surface area (Å²) in [5.41, 5.74) is -1.30. The van der Waals surface area contributed by atoms with Crippen LogP contribution in [0.25, 0.3) is 0 Å². The van der Waals surface area contributed by atoms with Crippen molar-refractivity contribution in [2.45, 2.75) is 19.5 Å². The average molecular weight is 294 g/mol. The van der Waals surface area contributed by atoms with Crippen molar-refractivity contribution in [1.29, 1.82) is 0 Å². The largest absolute Gasteiger partial charge is 0.390 e. The van der Waals surface area contributed by atoms with Crippen LogP contribution in [0.5, 0.6) is 0 Å². The molecule has 0 unspecified atom stereocenters. The third-order valence-electron chi connectivity index (χ3n) is 2.39. The van der Waals surface area contributed by atoms with Gasteiger partial charge >= 0.3 is 6.18 Å². The van der Waals surface area contributed by atoms with E-state index < -0.39 is 47.0 Å². The topological polar surface area (TPSA) is 72.2 Å². The molecule has 110 valence electrons. The second-order valence-corrected chi connectivity index (χ2v) is 4.00. The molecule has 0 bridgehead atoms. The third kappa shape index (κ3) is 4.18. The van der Waals surface area contributed by atoms with Crippen LogP contribution >= 0.6 is 0 Å². The molecule has 5 nitrogen and oxygen atoms in total. The van der Waals surface area contributed by atoms with E-state index >= 15 is 0 Å². The van der Waals surface area contributed by atoms with Crippen LogP contribution in [0.1, 0.15) is 22.3 Å². The van der Waals surface area contributed by atoms with Crippen molar-refractivity contribution in [2.75, 3.05) is 6.54 Å². The quantitative estimate of drug-likeness (QED) is 0.527. The van der Waals surface area contributed by atoms with Crippen molar-refractivity contribution in [3.63, 3.8) is 0 Å². The number of nitro groups is 1. The van der Waals surface area contributed by atoms with Gasteiger partial charge in [-0.25, -0.2) is 4.39 Å². The molecular formula is C11H10F4N2O3. The number of amides is 1. The molecule has 0 spiro atoms. The summed E-state index contributed by atoms with van der Waals surface area (Å²) in [7, 11) is 0. The number of rotatable bonds is 4. The zero-order valence-electron chi connectivity index (χ0n) is 10.3. The Bertz CT molecular complexity index is 543. The lowest BCUT2D eigenvalue weighted by Gasteiger charge is -2.09. The number of carbonyl (C=O) groups is 1. The summed E-state index contributed by atoms with van der Waals surface area (Å²) in [6.07, 6.45) is -5.72. The highest BCUT2D eigenvalue weighted by atomic mass is 19.4. The Morgan fingerprint density at radius 1 is 1.40 bits per heavy atom. The second kappa shape index (κ2) is 5.85. The van der Waals surface area contributed by atoms with Crippen molar-refractivity contribution in [2.24, 2.45) is 0 Å². The van der Waals surface area contributed by atoms with Gasteiger partial charge in [0, 0.05) is 18.7 Å². The molecule has 0 atom stereocenters. The highest BCUT2D eigenvalue weighted by Gasteiger charge is 2.27. The Morgan fingerprint density at radius 3 is 2.50 bits per heavy atom. The molecule has 1 N–H and O–H groups in total. The lowest BCUT2D eigenvalue weighted by molar-refractivity contribution is -0.385. The molecule has 1 amide bonds. The summed E-state index contributed by atoms with van der Waals surface area (Å²) in [5.74, 6) is -2.13. The molecule has 0 fully saturated rings. The van der Waals surface area contributed by atoms with Gasteiger partial charge in [0.2, 0.25) is 0 Å². The number of hydrogen-bond donors (Lipinski definition) is 1. The highest BCUT2D eigenvalue weighted by Crippen LogP contribution is 2.21. The van der Waals surface area contributed by atoms with Crippen LogP contribution in [-0.4, -0.2) is 23.6 Å². The van der Waals surface area contributed by atoms with Crippen molar-refractivity contribution in [3.05, 3.63) is 39.2 Å². The minimum atomic E-state index is -4.45. The SMILES string of the molecule is Cc1cc([N+](=O)[O-])cc(C(=O)NCCC(F)(F)F)c1F. The Balaban J connectivity index is 2.90. The number of non-ortho nitro benzene ring substituents is 1. The molecule has 20 heavy (non-hydrogen) atoms. The van der Waals surface area contributed by atoms with Crippen LogP contribution in [-0.2, 0) is 0 Å². The fourth-order valence-corrected chi connectivity index (χ4v) is 1.43. The lowest BCUT2D eigenvalue weighted by atomic mass is 10.1. The predicted molar refractivity (Wildman–Crippen MR) is 60.8 cm³/mol. The van der Waals surface area contributed by atoms with Crippen LogP contribution < -0.4 is 5.32 Å². The van der Waals surface area contributed by atoms with Crippen LogP contribution in [0.2, 0.25) is 0 Å². The molecule has 0 saturated heterocycles. The van der Waals surface area contributed by atoms with Gasteiger partial charge in [0.05, 0.1) is 16.9 Å². The summed E-state index contributed by atoms with van der Waals surface area (Å²) in [6.45, 7) is 0.484. The maximum absolute atomic E-state index is 13.7. The normalized spacial score (nSPS) is 11.2. The van der Waals surface area contributed by atoms with E-state index in [1.165, 1.54) is 6.92 Å². The van der Waals surface area contributed by atoms with Gasteiger partial charge in [0.25, 0.3) is 11.6 Å². The predicted octanol–water partition coefficient (Wildman–Crippen LogP) is 2.72. The first-order chi connectivity index (χ1) is 9.11. The van der Waals surface area contributed by atoms with Gasteiger partial charge in [-0.05, 0) is 12.5 Å². The van der Waals surface area contributed by atoms with E-state index in [9.17, 15) is 32.5 Å². The molecule has 0 aliphatic heterocycles. The Labute approximate surface area is 110 Å². The number of benzene rings is 1. The Kier molecular flexibility index (Phi) is 4.64. The number of nitro benzene ring substituents is 1. The molecule has 1 rings (SSSR count). The number of carbonyl (C=O) groups excluding carboxylic acids is 1. The van der Waals surface area contributed by atoms with Gasteiger partial charge in [0.15, 0.2) is 0 Å². The molecule has 0 aliphatic carbocycles. The number of alkyl halides is 3. The molecule has 0 radical (unpaired) electrons. The number of nitrogens with one attached hydrogen (secondary N) is 1. The van der Waals surface area contributed by atoms with Crippen molar-refractivity contribution in [1.82, 2.24) is 5.32 Å². The van der Waals surface area contributed by atoms with Gasteiger partial charge in [-0.1, -0.05) is 0 Å². The smallest absolute Gasteiger partial charge is 0.352 e. The Morgan fingerprint density at radius 2 is 2.00 bits per heavy atom. The van der Waals surface area contributed by atoms with Crippen LogP contribution in [0, 0.1) is 22.9 Å². The van der Waals surface area contributed by atoms with Gasteiger partial charge < -0.3 is 5.32 Å². The van der Waals surface area contributed by atoms with E-state index in [1.54, 1.807) is 0 Å². The fourth-order valence-electron chi connectivity index (χ4n) is 1.43. The first-order valence-electron chi connectivity index (χ1n) is 5.41. The summed E-state index contributed by atoms with van der Waals surface area (Å²) < 4.78 is 49.4. The number of aryl methyl sites for hydroxylation is 1. The Hall–Kier alpha value is -2.19.